The number of aromatic nitrogens is 4. The van der Waals surface area contributed by atoms with Gasteiger partial charge in [-0.3, -0.25) is 4.79 Å². The fourth-order valence-electron chi connectivity index (χ4n) is 4.74. The van der Waals surface area contributed by atoms with E-state index in [1.54, 1.807) is 18.0 Å². The molecule has 7 nitrogen and oxygen atoms in total. The summed E-state index contributed by atoms with van der Waals surface area (Å²) in [5.74, 6) is 2.48. The highest BCUT2D eigenvalue weighted by molar-refractivity contribution is 6.00. The van der Waals surface area contributed by atoms with Gasteiger partial charge in [-0.15, -0.1) is 5.10 Å². The molecule has 0 saturated carbocycles. The monoisotopic (exact) mass is 438 g/mol. The van der Waals surface area contributed by atoms with Gasteiger partial charge in [0.15, 0.2) is 17.3 Å². The summed E-state index contributed by atoms with van der Waals surface area (Å²) in [5.41, 5.74) is 4.26. The van der Waals surface area contributed by atoms with Crippen molar-refractivity contribution >= 4 is 11.4 Å². The molecule has 0 N–H and O–H groups in total. The number of ketones is 1. The van der Waals surface area contributed by atoms with E-state index in [2.05, 4.69) is 22.2 Å². The lowest BCUT2D eigenvalue weighted by molar-refractivity contribution is -0.116. The second kappa shape index (κ2) is 7.85. The van der Waals surface area contributed by atoms with Gasteiger partial charge < -0.3 is 9.47 Å². The van der Waals surface area contributed by atoms with Crippen LogP contribution in [0.4, 0.5) is 0 Å². The first-order valence-electron chi connectivity index (χ1n) is 11.1. The molecule has 7 heteroatoms. The van der Waals surface area contributed by atoms with Crippen LogP contribution in [0.25, 0.3) is 5.65 Å². The van der Waals surface area contributed by atoms with E-state index in [1.807, 2.05) is 42.5 Å². The smallest absolute Gasteiger partial charge is 0.228 e. The summed E-state index contributed by atoms with van der Waals surface area (Å²) >= 11 is 0. The van der Waals surface area contributed by atoms with Gasteiger partial charge in [0.25, 0.3) is 0 Å². The Kier molecular flexibility index (Phi) is 4.68. The van der Waals surface area contributed by atoms with Crippen molar-refractivity contribution in [3.05, 3.63) is 94.8 Å². The van der Waals surface area contributed by atoms with Gasteiger partial charge in [-0.05, 0) is 29.7 Å². The number of hydrogen-bond acceptors (Lipinski definition) is 6. The van der Waals surface area contributed by atoms with Crippen LogP contribution in [-0.2, 0) is 11.2 Å². The van der Waals surface area contributed by atoms with E-state index in [4.69, 9.17) is 14.5 Å². The van der Waals surface area contributed by atoms with Crippen molar-refractivity contribution < 1.29 is 14.3 Å². The van der Waals surface area contributed by atoms with Crippen LogP contribution in [0.2, 0.25) is 0 Å². The van der Waals surface area contributed by atoms with Crippen LogP contribution < -0.4 is 9.47 Å². The summed E-state index contributed by atoms with van der Waals surface area (Å²) in [6.45, 7) is 0. The van der Waals surface area contributed by atoms with Gasteiger partial charge in [0.2, 0.25) is 5.88 Å². The van der Waals surface area contributed by atoms with Gasteiger partial charge in [0.1, 0.15) is 17.8 Å². The first kappa shape index (κ1) is 19.7. The zero-order chi connectivity index (χ0) is 22.4. The van der Waals surface area contributed by atoms with Crippen molar-refractivity contribution in [2.24, 2.45) is 0 Å². The topological polar surface area (TPSA) is 78.6 Å². The van der Waals surface area contributed by atoms with Crippen molar-refractivity contribution in [2.75, 3.05) is 7.11 Å². The van der Waals surface area contributed by atoms with Crippen LogP contribution in [0.15, 0.2) is 72.3 Å². The highest BCUT2D eigenvalue weighted by atomic mass is 16.5. The number of hydrogen-bond donors (Lipinski definition) is 0. The van der Waals surface area contributed by atoms with Crippen LogP contribution in [0.5, 0.6) is 11.6 Å². The van der Waals surface area contributed by atoms with Crippen molar-refractivity contribution in [3.63, 3.8) is 0 Å². The Morgan fingerprint density at radius 2 is 1.91 bits per heavy atom. The fraction of sp³-hybridized carbons (Fsp3) is 0.231. The van der Waals surface area contributed by atoms with E-state index in [-0.39, 0.29) is 11.7 Å². The maximum absolute atomic E-state index is 13.1. The first-order valence-corrected chi connectivity index (χ1v) is 11.1. The largest absolute Gasteiger partial charge is 0.497 e. The van der Waals surface area contributed by atoms with Gasteiger partial charge in [0, 0.05) is 30.8 Å². The lowest BCUT2D eigenvalue weighted by atomic mass is 9.78. The zero-order valence-corrected chi connectivity index (χ0v) is 18.2. The predicted octanol–water partition coefficient (Wildman–Crippen LogP) is 4.26. The van der Waals surface area contributed by atoms with Crippen LogP contribution in [0, 0.1) is 0 Å². The fourth-order valence-corrected chi connectivity index (χ4v) is 4.74. The summed E-state index contributed by atoms with van der Waals surface area (Å²) in [5, 5.41) is 4.66. The molecule has 4 aromatic rings. The van der Waals surface area contributed by atoms with Crippen molar-refractivity contribution in [1.82, 2.24) is 19.6 Å². The zero-order valence-electron chi connectivity index (χ0n) is 18.2. The van der Waals surface area contributed by atoms with Gasteiger partial charge in [0.05, 0.1) is 12.7 Å². The van der Waals surface area contributed by atoms with Crippen LogP contribution in [0.1, 0.15) is 47.7 Å². The third-order valence-electron chi connectivity index (χ3n) is 6.29. The van der Waals surface area contributed by atoms with E-state index >= 15 is 0 Å². The Labute approximate surface area is 190 Å². The molecule has 0 amide bonds. The van der Waals surface area contributed by atoms with Crippen LogP contribution in [0.3, 0.4) is 0 Å². The lowest BCUT2D eigenvalue weighted by Crippen LogP contribution is -2.26. The van der Waals surface area contributed by atoms with E-state index in [1.165, 1.54) is 0 Å². The average molecular weight is 438 g/mol. The standard InChI is InChI=1S/C26H22N4O3/c1-32-18-12-10-17(11-13-18)22-23-19(31)8-5-9-20(23)33-26-24(22)25-28-21(29-30(25)15-27-26)14-16-6-3-2-4-7-16/h2-4,6-7,10-13,15,22H,5,8-9,14H2,1H3. The number of methoxy groups -OCH3 is 1. The molecular formula is C26H22N4O3. The maximum Gasteiger partial charge on any atom is 0.228 e. The summed E-state index contributed by atoms with van der Waals surface area (Å²) in [6.07, 6.45) is 4.28. The summed E-state index contributed by atoms with van der Waals surface area (Å²) in [6, 6.07) is 17.9. The van der Waals surface area contributed by atoms with Gasteiger partial charge in [-0.2, -0.15) is 0 Å². The quantitative estimate of drug-likeness (QED) is 0.474. The molecule has 6 rings (SSSR count). The predicted molar refractivity (Wildman–Crippen MR) is 121 cm³/mol. The number of nitrogens with zero attached hydrogens (tertiary/aromatic N) is 4. The Morgan fingerprint density at radius 3 is 2.70 bits per heavy atom. The number of Topliss-reactive ketones (excluding diaryl/α,β-unsaturated/α-hetero) is 1. The molecule has 0 bridgehead atoms. The third kappa shape index (κ3) is 3.36. The molecule has 0 saturated heterocycles. The maximum atomic E-state index is 13.1. The van der Waals surface area contributed by atoms with E-state index in [0.29, 0.717) is 35.8 Å². The highest BCUT2D eigenvalue weighted by Crippen LogP contribution is 2.47. The molecule has 0 fully saturated rings. The van der Waals surface area contributed by atoms with Crippen LogP contribution >= 0.6 is 0 Å². The molecule has 1 unspecified atom stereocenters. The lowest BCUT2D eigenvalue weighted by Gasteiger charge is -2.32. The van der Waals surface area contributed by atoms with Gasteiger partial charge in [-0.25, -0.2) is 14.5 Å². The molecule has 3 heterocycles. The normalized spacial score (nSPS) is 17.5. The highest BCUT2D eigenvalue weighted by Gasteiger charge is 2.39. The Bertz CT molecular complexity index is 1390. The summed E-state index contributed by atoms with van der Waals surface area (Å²) < 4.78 is 13.2. The molecule has 1 aliphatic carbocycles. The van der Waals surface area contributed by atoms with E-state index in [9.17, 15) is 4.79 Å². The minimum absolute atomic E-state index is 0.119. The minimum Gasteiger partial charge on any atom is -0.497 e. The number of carbonyl (C=O) groups excluding carboxylic acids is 1. The number of fused-ring (bicyclic) bond motifs is 3. The Balaban J connectivity index is 1.53. The van der Waals surface area contributed by atoms with Crippen molar-refractivity contribution in [1.29, 1.82) is 0 Å². The number of ether oxygens (including phenoxy) is 2. The number of allylic oxidation sites excluding steroid dienone is 2. The average Bonchev–Trinajstić information content (AvgIpc) is 3.26. The Morgan fingerprint density at radius 1 is 1.09 bits per heavy atom. The number of rotatable bonds is 4. The second-order valence-corrected chi connectivity index (χ2v) is 8.34. The molecule has 0 spiro atoms. The van der Waals surface area contributed by atoms with E-state index in [0.717, 1.165) is 41.0 Å². The third-order valence-corrected chi connectivity index (χ3v) is 6.29. The molecule has 0 radical (unpaired) electrons. The van der Waals surface area contributed by atoms with Crippen LogP contribution in [-0.4, -0.2) is 32.5 Å². The first-order chi connectivity index (χ1) is 16.2. The SMILES string of the molecule is COc1ccc(C2C3=C(CCCC3=O)Oc3ncn4nc(Cc5ccccc5)nc4c32)cc1. The molecule has 2 aromatic heterocycles. The molecule has 1 atom stereocenters. The molecule has 2 aliphatic rings. The summed E-state index contributed by atoms with van der Waals surface area (Å²) in [4.78, 5) is 22.5. The number of benzene rings is 2. The molecular weight excluding hydrogens is 416 g/mol. The van der Waals surface area contributed by atoms with Gasteiger partial charge >= 0.3 is 0 Å². The minimum atomic E-state index is -0.313. The van der Waals surface area contributed by atoms with Crippen molar-refractivity contribution in [2.45, 2.75) is 31.6 Å². The number of carbonyl (C=O) groups is 1. The molecule has 164 valence electrons. The molecule has 33 heavy (non-hydrogen) atoms. The summed E-state index contributed by atoms with van der Waals surface area (Å²) in [7, 11) is 1.64. The Hall–Kier alpha value is -4.00. The van der Waals surface area contributed by atoms with Gasteiger partial charge in [-0.1, -0.05) is 42.5 Å². The van der Waals surface area contributed by atoms with E-state index < -0.39 is 0 Å². The van der Waals surface area contributed by atoms with Crippen molar-refractivity contribution in [3.8, 4) is 11.6 Å². The molecule has 2 aromatic carbocycles. The molecule has 1 aliphatic heterocycles. The second-order valence-electron chi connectivity index (χ2n) is 8.34.